The lowest BCUT2D eigenvalue weighted by Crippen LogP contribution is -2.30. The summed E-state index contributed by atoms with van der Waals surface area (Å²) in [5.41, 5.74) is 5.95. The van der Waals surface area contributed by atoms with Gasteiger partial charge >= 0.3 is 5.69 Å². The van der Waals surface area contributed by atoms with Gasteiger partial charge in [-0.3, -0.25) is 30.7 Å². The first-order chi connectivity index (χ1) is 13.6. The first-order valence-corrected chi connectivity index (χ1v) is 8.38. The molecule has 1 aromatic carbocycles. The van der Waals surface area contributed by atoms with Crippen LogP contribution in [0.25, 0.3) is 0 Å². The van der Waals surface area contributed by atoms with E-state index >= 15 is 0 Å². The van der Waals surface area contributed by atoms with Crippen LogP contribution in [0.15, 0.2) is 61.2 Å². The molecule has 0 unspecified atom stereocenters. The molecule has 0 aliphatic heterocycles. The fraction of sp³-hybridized carbons (Fsp3) is 0.111. The Morgan fingerprint density at radius 3 is 2.46 bits per heavy atom. The number of amides is 1. The Labute approximate surface area is 160 Å². The van der Waals surface area contributed by atoms with Gasteiger partial charge in [0.2, 0.25) is 11.6 Å². The van der Waals surface area contributed by atoms with Crippen molar-refractivity contribution < 1.29 is 9.72 Å². The Bertz CT molecular complexity index is 952. The minimum absolute atomic E-state index is 0.0663. The average Bonchev–Trinajstić information content (AvgIpc) is 2.73. The van der Waals surface area contributed by atoms with Gasteiger partial charge in [0.25, 0.3) is 5.91 Å². The Morgan fingerprint density at radius 1 is 1.04 bits per heavy atom. The number of anilines is 2. The monoisotopic (exact) mass is 379 g/mol. The zero-order valence-electron chi connectivity index (χ0n) is 14.7. The van der Waals surface area contributed by atoms with E-state index in [-0.39, 0.29) is 17.3 Å². The van der Waals surface area contributed by atoms with Crippen LogP contribution >= 0.6 is 0 Å². The molecule has 10 heteroatoms. The molecule has 0 spiro atoms. The van der Waals surface area contributed by atoms with Crippen molar-refractivity contribution in [3.8, 4) is 0 Å². The quantitative estimate of drug-likeness (QED) is 0.400. The first-order valence-electron chi connectivity index (χ1n) is 8.38. The van der Waals surface area contributed by atoms with Crippen LogP contribution in [-0.2, 0) is 6.42 Å². The third kappa shape index (κ3) is 4.75. The third-order valence-electron chi connectivity index (χ3n) is 3.79. The van der Waals surface area contributed by atoms with Crippen molar-refractivity contribution in [3.63, 3.8) is 0 Å². The molecule has 0 saturated carbocycles. The number of hydrogen-bond acceptors (Lipinski definition) is 8. The van der Waals surface area contributed by atoms with Crippen LogP contribution in [0.4, 0.5) is 17.3 Å². The maximum Gasteiger partial charge on any atom is 0.354 e. The average molecular weight is 379 g/mol. The van der Waals surface area contributed by atoms with Crippen molar-refractivity contribution in [1.82, 2.24) is 20.4 Å². The highest BCUT2D eigenvalue weighted by atomic mass is 16.6. The maximum atomic E-state index is 12.1. The number of carbonyl (C=O) groups is 1. The lowest BCUT2D eigenvalue weighted by molar-refractivity contribution is -0.383. The number of nitro groups is 1. The van der Waals surface area contributed by atoms with E-state index in [1.165, 1.54) is 30.9 Å². The zero-order valence-corrected chi connectivity index (χ0v) is 14.7. The van der Waals surface area contributed by atoms with Crippen molar-refractivity contribution in [2.45, 2.75) is 6.42 Å². The largest absolute Gasteiger partial charge is 0.364 e. The molecule has 0 aliphatic rings. The summed E-state index contributed by atoms with van der Waals surface area (Å²) in [7, 11) is 0. The Morgan fingerprint density at radius 2 is 1.75 bits per heavy atom. The predicted molar refractivity (Wildman–Crippen MR) is 103 cm³/mol. The molecule has 0 saturated heterocycles. The summed E-state index contributed by atoms with van der Waals surface area (Å²) >= 11 is 0. The highest BCUT2D eigenvalue weighted by Gasteiger charge is 2.23. The van der Waals surface area contributed by atoms with E-state index in [9.17, 15) is 14.9 Å². The minimum Gasteiger partial charge on any atom is -0.364 e. The topological polar surface area (TPSA) is 135 Å². The summed E-state index contributed by atoms with van der Waals surface area (Å²) in [6.45, 7) is 0.449. The normalized spacial score (nSPS) is 10.1. The SMILES string of the molecule is O=C(NNc1ncnc(NCCc2ccccc2)c1[N+](=O)[O-])c1ccncc1. The Kier molecular flexibility index (Phi) is 6.03. The van der Waals surface area contributed by atoms with Crippen LogP contribution < -0.4 is 16.2 Å². The van der Waals surface area contributed by atoms with Crippen molar-refractivity contribution in [3.05, 3.63) is 82.4 Å². The van der Waals surface area contributed by atoms with Gasteiger partial charge in [0.05, 0.1) is 4.92 Å². The van der Waals surface area contributed by atoms with Gasteiger partial charge in [-0.1, -0.05) is 30.3 Å². The van der Waals surface area contributed by atoms with Crippen molar-refractivity contribution in [2.75, 3.05) is 17.3 Å². The second-order valence-corrected chi connectivity index (χ2v) is 5.65. The molecule has 142 valence electrons. The minimum atomic E-state index is -0.605. The van der Waals surface area contributed by atoms with Gasteiger partial charge in [0, 0.05) is 24.5 Å². The van der Waals surface area contributed by atoms with Gasteiger partial charge < -0.3 is 5.32 Å². The van der Waals surface area contributed by atoms with Crippen LogP contribution in [0.5, 0.6) is 0 Å². The molecule has 0 radical (unpaired) electrons. The number of pyridine rings is 1. The van der Waals surface area contributed by atoms with E-state index in [2.05, 4.69) is 31.1 Å². The molecule has 0 aliphatic carbocycles. The highest BCUT2D eigenvalue weighted by molar-refractivity contribution is 5.94. The fourth-order valence-electron chi connectivity index (χ4n) is 2.43. The highest BCUT2D eigenvalue weighted by Crippen LogP contribution is 2.28. The Balaban J connectivity index is 1.68. The van der Waals surface area contributed by atoms with E-state index < -0.39 is 10.8 Å². The molecule has 0 atom stereocenters. The number of rotatable bonds is 8. The molecule has 3 aromatic rings. The number of nitrogens with zero attached hydrogens (tertiary/aromatic N) is 4. The summed E-state index contributed by atoms with van der Waals surface area (Å²) in [6, 6.07) is 12.7. The molecule has 0 bridgehead atoms. The predicted octanol–water partition coefficient (Wildman–Crippen LogP) is 2.19. The standard InChI is InChI=1S/C18H17N7O3/c26-18(14-7-9-19-10-8-14)24-23-17-15(25(27)28)16(21-12-22-17)20-11-6-13-4-2-1-3-5-13/h1-5,7-10,12H,6,11H2,(H,24,26)(H2,20,21,22,23). The van der Waals surface area contributed by atoms with Crippen LogP contribution in [0, 0.1) is 10.1 Å². The molecule has 2 aromatic heterocycles. The van der Waals surface area contributed by atoms with Crippen molar-refractivity contribution in [1.29, 1.82) is 0 Å². The second kappa shape index (κ2) is 9.03. The van der Waals surface area contributed by atoms with E-state index in [0.717, 1.165) is 5.56 Å². The fourth-order valence-corrected chi connectivity index (χ4v) is 2.43. The third-order valence-corrected chi connectivity index (χ3v) is 3.79. The molecule has 3 rings (SSSR count). The number of hydrazine groups is 1. The second-order valence-electron chi connectivity index (χ2n) is 5.65. The van der Waals surface area contributed by atoms with Crippen LogP contribution in [0.3, 0.4) is 0 Å². The molecular formula is C18H17N7O3. The van der Waals surface area contributed by atoms with Gasteiger partial charge in [-0.2, -0.15) is 0 Å². The van der Waals surface area contributed by atoms with Gasteiger partial charge in [0.15, 0.2) is 0 Å². The van der Waals surface area contributed by atoms with Crippen LogP contribution in [0.1, 0.15) is 15.9 Å². The van der Waals surface area contributed by atoms with E-state index in [4.69, 9.17) is 0 Å². The van der Waals surface area contributed by atoms with Gasteiger partial charge in [0.1, 0.15) is 6.33 Å². The summed E-state index contributed by atoms with van der Waals surface area (Å²) in [5, 5.41) is 14.5. The van der Waals surface area contributed by atoms with Gasteiger partial charge in [-0.15, -0.1) is 0 Å². The molecule has 0 fully saturated rings. The lowest BCUT2D eigenvalue weighted by Gasteiger charge is -2.11. The number of hydrogen-bond donors (Lipinski definition) is 3. The smallest absolute Gasteiger partial charge is 0.354 e. The zero-order chi connectivity index (χ0) is 19.8. The van der Waals surface area contributed by atoms with Gasteiger partial charge in [-0.05, 0) is 24.1 Å². The van der Waals surface area contributed by atoms with E-state index in [0.29, 0.717) is 18.5 Å². The number of benzene rings is 1. The molecule has 10 nitrogen and oxygen atoms in total. The number of carbonyl (C=O) groups excluding carboxylic acids is 1. The Hall–Kier alpha value is -4.08. The molecule has 3 N–H and O–H groups in total. The maximum absolute atomic E-state index is 12.1. The van der Waals surface area contributed by atoms with Crippen LogP contribution in [-0.4, -0.2) is 32.3 Å². The number of nitrogens with one attached hydrogen (secondary N) is 3. The van der Waals surface area contributed by atoms with E-state index in [1.54, 1.807) is 0 Å². The van der Waals surface area contributed by atoms with Crippen molar-refractivity contribution >= 4 is 23.2 Å². The first kappa shape index (κ1) is 18.7. The molecular weight excluding hydrogens is 362 g/mol. The lowest BCUT2D eigenvalue weighted by atomic mass is 10.1. The van der Waals surface area contributed by atoms with Crippen LogP contribution in [0.2, 0.25) is 0 Å². The molecule has 2 heterocycles. The molecule has 28 heavy (non-hydrogen) atoms. The van der Waals surface area contributed by atoms with Crippen molar-refractivity contribution in [2.24, 2.45) is 0 Å². The summed E-state index contributed by atoms with van der Waals surface area (Å²) in [5.74, 6) is -0.532. The molecule has 1 amide bonds. The van der Waals surface area contributed by atoms with Gasteiger partial charge in [-0.25, -0.2) is 9.97 Å². The number of aromatic nitrogens is 3. The van der Waals surface area contributed by atoms with E-state index in [1.807, 2.05) is 30.3 Å². The summed E-state index contributed by atoms with van der Waals surface area (Å²) < 4.78 is 0. The summed E-state index contributed by atoms with van der Waals surface area (Å²) in [6.07, 6.45) is 4.79. The summed E-state index contributed by atoms with van der Waals surface area (Å²) in [4.78, 5) is 34.6.